The van der Waals surface area contributed by atoms with Crippen molar-refractivity contribution in [3.63, 3.8) is 0 Å². The highest BCUT2D eigenvalue weighted by atomic mass is 19.4. The van der Waals surface area contributed by atoms with Crippen LogP contribution in [0.5, 0.6) is 11.5 Å². The molecular weight excluding hydrogens is 403 g/mol. The molecule has 0 unspecified atom stereocenters. The predicted octanol–water partition coefficient (Wildman–Crippen LogP) is 4.56. The smallest absolute Gasteiger partial charge is 0.416 e. The molecule has 30 heavy (non-hydrogen) atoms. The van der Waals surface area contributed by atoms with E-state index in [1.807, 2.05) is 6.92 Å². The first-order valence-corrected chi connectivity index (χ1v) is 9.00. The van der Waals surface area contributed by atoms with Crippen LogP contribution in [0.2, 0.25) is 0 Å². The Labute approximate surface area is 169 Å². The number of hydrogen-bond acceptors (Lipinski definition) is 6. The van der Waals surface area contributed by atoms with Crippen molar-refractivity contribution in [1.29, 1.82) is 0 Å². The van der Waals surface area contributed by atoms with E-state index in [9.17, 15) is 18.0 Å². The molecular formula is C20H18F3N3O4. The van der Waals surface area contributed by atoms with Crippen molar-refractivity contribution in [2.24, 2.45) is 0 Å². The second-order valence-electron chi connectivity index (χ2n) is 6.16. The Kier molecular flexibility index (Phi) is 6.55. The monoisotopic (exact) mass is 421 g/mol. The Morgan fingerprint density at radius 1 is 1.13 bits per heavy atom. The second kappa shape index (κ2) is 9.29. The lowest BCUT2D eigenvalue weighted by molar-refractivity contribution is -0.137. The van der Waals surface area contributed by atoms with E-state index in [1.54, 1.807) is 24.3 Å². The van der Waals surface area contributed by atoms with Crippen molar-refractivity contribution >= 4 is 11.6 Å². The molecule has 3 aromatic rings. The van der Waals surface area contributed by atoms with E-state index in [0.29, 0.717) is 30.2 Å². The molecule has 0 bridgehead atoms. The highest BCUT2D eigenvalue weighted by molar-refractivity contribution is 5.93. The molecule has 0 fully saturated rings. The summed E-state index contributed by atoms with van der Waals surface area (Å²) in [5, 5.41) is 9.78. The van der Waals surface area contributed by atoms with Gasteiger partial charge in [0.15, 0.2) is 6.61 Å². The minimum Gasteiger partial charge on any atom is -0.491 e. The molecule has 0 radical (unpaired) electrons. The van der Waals surface area contributed by atoms with Crippen molar-refractivity contribution in [1.82, 2.24) is 10.2 Å². The Morgan fingerprint density at radius 2 is 1.90 bits per heavy atom. The van der Waals surface area contributed by atoms with Gasteiger partial charge < -0.3 is 19.2 Å². The Bertz CT molecular complexity index is 974. The molecule has 10 heteroatoms. The zero-order valence-electron chi connectivity index (χ0n) is 15.9. The first-order chi connectivity index (χ1) is 14.4. The number of hydrogen-bond donors (Lipinski definition) is 1. The van der Waals surface area contributed by atoms with Crippen LogP contribution in [0.15, 0.2) is 53.3 Å². The number of rotatable bonds is 8. The molecule has 3 rings (SSSR count). The molecule has 7 nitrogen and oxygen atoms in total. The molecule has 0 saturated heterocycles. The molecule has 1 amide bonds. The van der Waals surface area contributed by atoms with E-state index in [-0.39, 0.29) is 11.4 Å². The van der Waals surface area contributed by atoms with Gasteiger partial charge in [-0.15, -0.1) is 10.2 Å². The number of anilines is 1. The minimum absolute atomic E-state index is 0.0707. The van der Waals surface area contributed by atoms with Gasteiger partial charge in [-0.1, -0.05) is 6.92 Å². The molecule has 0 aliphatic carbocycles. The number of benzene rings is 2. The van der Waals surface area contributed by atoms with Gasteiger partial charge in [0, 0.05) is 5.56 Å². The standard InChI is InChI=1S/C20H18F3N3O4/c1-2-9-28-17-8-5-14(20(21,22)23)10-16(17)25-18(27)11-29-15-6-3-13(4-7-15)19-26-24-12-30-19/h3-8,10,12H,2,9,11H2,1H3,(H,25,27). The third kappa shape index (κ3) is 5.49. The largest absolute Gasteiger partial charge is 0.491 e. The third-order valence-corrected chi connectivity index (χ3v) is 3.87. The number of nitrogens with one attached hydrogen (secondary N) is 1. The highest BCUT2D eigenvalue weighted by Crippen LogP contribution is 2.35. The Balaban J connectivity index is 1.64. The number of nitrogens with zero attached hydrogens (tertiary/aromatic N) is 2. The van der Waals surface area contributed by atoms with Gasteiger partial charge >= 0.3 is 6.18 Å². The van der Waals surface area contributed by atoms with Crippen LogP contribution in [-0.2, 0) is 11.0 Å². The normalized spacial score (nSPS) is 11.2. The zero-order valence-corrected chi connectivity index (χ0v) is 15.9. The number of ether oxygens (including phenoxy) is 2. The maximum atomic E-state index is 13.0. The number of carbonyl (C=O) groups is 1. The summed E-state index contributed by atoms with van der Waals surface area (Å²) in [4.78, 5) is 12.2. The van der Waals surface area contributed by atoms with Gasteiger partial charge in [-0.25, -0.2) is 0 Å². The molecule has 0 aliphatic heterocycles. The number of halogens is 3. The number of amides is 1. The van der Waals surface area contributed by atoms with E-state index in [0.717, 1.165) is 12.1 Å². The maximum absolute atomic E-state index is 13.0. The predicted molar refractivity (Wildman–Crippen MR) is 101 cm³/mol. The summed E-state index contributed by atoms with van der Waals surface area (Å²) in [7, 11) is 0. The molecule has 1 aromatic heterocycles. The Morgan fingerprint density at radius 3 is 2.53 bits per heavy atom. The van der Waals surface area contributed by atoms with Crippen LogP contribution in [0, 0.1) is 0 Å². The number of aromatic nitrogens is 2. The lowest BCUT2D eigenvalue weighted by Gasteiger charge is -2.15. The lowest BCUT2D eigenvalue weighted by Crippen LogP contribution is -2.21. The van der Waals surface area contributed by atoms with Crippen LogP contribution < -0.4 is 14.8 Å². The van der Waals surface area contributed by atoms with Crippen LogP contribution in [0.3, 0.4) is 0 Å². The maximum Gasteiger partial charge on any atom is 0.416 e. The van der Waals surface area contributed by atoms with Gasteiger partial charge in [0.1, 0.15) is 11.5 Å². The molecule has 1 heterocycles. The fourth-order valence-electron chi connectivity index (χ4n) is 2.47. The molecule has 0 saturated carbocycles. The second-order valence-corrected chi connectivity index (χ2v) is 6.16. The third-order valence-electron chi connectivity index (χ3n) is 3.87. The van der Waals surface area contributed by atoms with E-state index in [4.69, 9.17) is 13.9 Å². The first-order valence-electron chi connectivity index (χ1n) is 9.00. The van der Waals surface area contributed by atoms with Gasteiger partial charge in [0.2, 0.25) is 12.3 Å². The van der Waals surface area contributed by atoms with Gasteiger partial charge in [-0.2, -0.15) is 13.2 Å². The van der Waals surface area contributed by atoms with E-state index < -0.39 is 24.3 Å². The summed E-state index contributed by atoms with van der Waals surface area (Å²) >= 11 is 0. The summed E-state index contributed by atoms with van der Waals surface area (Å²) < 4.78 is 54.9. The SMILES string of the molecule is CCCOc1ccc(C(F)(F)F)cc1NC(=O)COc1ccc(-c2nnco2)cc1. The van der Waals surface area contributed by atoms with Crippen LogP contribution >= 0.6 is 0 Å². The van der Waals surface area contributed by atoms with Crippen molar-refractivity contribution in [3.05, 3.63) is 54.4 Å². The fourth-order valence-corrected chi connectivity index (χ4v) is 2.47. The summed E-state index contributed by atoms with van der Waals surface area (Å²) in [6.07, 6.45) is -2.67. The van der Waals surface area contributed by atoms with Gasteiger partial charge in [-0.3, -0.25) is 4.79 Å². The molecule has 158 valence electrons. The molecule has 0 aliphatic rings. The molecule has 0 atom stereocenters. The van der Waals surface area contributed by atoms with Crippen molar-refractivity contribution in [3.8, 4) is 23.0 Å². The highest BCUT2D eigenvalue weighted by Gasteiger charge is 2.31. The van der Waals surface area contributed by atoms with Crippen LogP contribution in [0.25, 0.3) is 11.5 Å². The topological polar surface area (TPSA) is 86.5 Å². The summed E-state index contributed by atoms with van der Waals surface area (Å²) in [5.74, 6) is 0.252. The summed E-state index contributed by atoms with van der Waals surface area (Å²) in [6.45, 7) is 1.76. The van der Waals surface area contributed by atoms with E-state index in [2.05, 4.69) is 15.5 Å². The zero-order chi connectivity index (χ0) is 21.6. The van der Waals surface area contributed by atoms with Crippen LogP contribution in [0.4, 0.5) is 18.9 Å². The first kappa shape index (κ1) is 21.2. The van der Waals surface area contributed by atoms with Gasteiger partial charge in [0.25, 0.3) is 5.91 Å². The summed E-state index contributed by atoms with van der Waals surface area (Å²) in [6, 6.07) is 9.48. The quantitative estimate of drug-likeness (QED) is 0.574. The average molecular weight is 421 g/mol. The van der Waals surface area contributed by atoms with Gasteiger partial charge in [-0.05, 0) is 48.9 Å². The van der Waals surface area contributed by atoms with Crippen molar-refractivity contribution in [2.45, 2.75) is 19.5 Å². The molecule has 2 aromatic carbocycles. The Hall–Kier alpha value is -3.56. The average Bonchev–Trinajstić information content (AvgIpc) is 3.26. The lowest BCUT2D eigenvalue weighted by atomic mass is 10.1. The molecule has 1 N–H and O–H groups in total. The van der Waals surface area contributed by atoms with Crippen molar-refractivity contribution in [2.75, 3.05) is 18.5 Å². The minimum atomic E-state index is -4.54. The van der Waals surface area contributed by atoms with E-state index in [1.165, 1.54) is 12.5 Å². The van der Waals surface area contributed by atoms with E-state index >= 15 is 0 Å². The fraction of sp³-hybridized carbons (Fsp3) is 0.250. The van der Waals surface area contributed by atoms with Crippen LogP contribution in [-0.4, -0.2) is 29.3 Å². The number of carbonyl (C=O) groups excluding carboxylic acids is 1. The van der Waals surface area contributed by atoms with Crippen LogP contribution in [0.1, 0.15) is 18.9 Å². The van der Waals surface area contributed by atoms with Gasteiger partial charge in [0.05, 0.1) is 17.9 Å². The number of alkyl halides is 3. The molecule has 0 spiro atoms. The van der Waals surface area contributed by atoms with Crippen molar-refractivity contribution < 1.29 is 31.9 Å². The summed E-state index contributed by atoms with van der Waals surface area (Å²) in [5.41, 5.74) is -0.288.